The number of nitrogens with zero attached hydrogens (tertiary/aromatic N) is 2. The van der Waals surface area contributed by atoms with Crippen LogP contribution in [0.5, 0.6) is 0 Å². The number of halogens is 2. The van der Waals surface area contributed by atoms with Crippen LogP contribution in [0.3, 0.4) is 0 Å². The van der Waals surface area contributed by atoms with Crippen molar-refractivity contribution in [3.05, 3.63) is 45.5 Å². The van der Waals surface area contributed by atoms with Crippen LogP contribution in [0.1, 0.15) is 17.3 Å². The molecule has 0 aliphatic rings. The average Bonchev–Trinajstić information content (AvgIpc) is 2.71. The molecule has 0 radical (unpaired) electrons. The largest absolute Gasteiger partial charge is 0.388 e. The highest BCUT2D eigenvalue weighted by Crippen LogP contribution is 2.23. The lowest BCUT2D eigenvalue weighted by molar-refractivity contribution is 0.263. The van der Waals surface area contributed by atoms with Crippen LogP contribution < -0.4 is 0 Å². The van der Waals surface area contributed by atoms with Gasteiger partial charge in [-0.1, -0.05) is 34.4 Å². The van der Waals surface area contributed by atoms with Crippen molar-refractivity contribution < 1.29 is 9.63 Å². The summed E-state index contributed by atoms with van der Waals surface area (Å²) < 4.78 is 4.93. The van der Waals surface area contributed by atoms with Crippen molar-refractivity contribution >= 4 is 23.2 Å². The molecule has 1 aromatic heterocycles. The molecule has 6 heteroatoms. The van der Waals surface area contributed by atoms with Gasteiger partial charge in [-0.05, 0) is 17.7 Å². The molecule has 0 unspecified atom stereocenters. The van der Waals surface area contributed by atoms with E-state index in [0.29, 0.717) is 22.4 Å². The molecule has 16 heavy (non-hydrogen) atoms. The van der Waals surface area contributed by atoms with Gasteiger partial charge in [-0.3, -0.25) is 0 Å². The molecule has 0 aliphatic carbocycles. The number of benzene rings is 1. The number of aliphatic hydroxyl groups excluding tert-OH is 1. The first-order valence-corrected chi connectivity index (χ1v) is 5.31. The Labute approximate surface area is 102 Å². The molecular formula is C10H8Cl2N2O2. The van der Waals surface area contributed by atoms with Gasteiger partial charge in [0.15, 0.2) is 5.82 Å². The van der Waals surface area contributed by atoms with Crippen molar-refractivity contribution in [1.82, 2.24) is 10.1 Å². The minimum Gasteiger partial charge on any atom is -0.388 e. The molecule has 0 saturated carbocycles. The van der Waals surface area contributed by atoms with Crippen LogP contribution in [0.15, 0.2) is 22.7 Å². The van der Waals surface area contributed by atoms with Crippen molar-refractivity contribution in [2.24, 2.45) is 0 Å². The van der Waals surface area contributed by atoms with E-state index < -0.39 is 0 Å². The van der Waals surface area contributed by atoms with Gasteiger partial charge in [0, 0.05) is 0 Å². The second-order valence-electron chi connectivity index (χ2n) is 3.19. The van der Waals surface area contributed by atoms with Gasteiger partial charge in [-0.25, -0.2) is 0 Å². The molecule has 0 aliphatic heterocycles. The highest BCUT2D eigenvalue weighted by Gasteiger charge is 2.07. The predicted molar refractivity (Wildman–Crippen MR) is 59.5 cm³/mol. The molecule has 1 aromatic carbocycles. The fourth-order valence-corrected chi connectivity index (χ4v) is 1.57. The second kappa shape index (κ2) is 4.82. The Bertz CT molecular complexity index is 499. The maximum absolute atomic E-state index is 8.77. The van der Waals surface area contributed by atoms with Gasteiger partial charge in [-0.2, -0.15) is 4.98 Å². The van der Waals surface area contributed by atoms with Gasteiger partial charge in [-0.15, -0.1) is 0 Å². The topological polar surface area (TPSA) is 59.2 Å². The van der Waals surface area contributed by atoms with E-state index in [4.69, 9.17) is 32.8 Å². The van der Waals surface area contributed by atoms with Crippen LogP contribution in [0, 0.1) is 0 Å². The van der Waals surface area contributed by atoms with Crippen LogP contribution in [-0.2, 0) is 13.0 Å². The van der Waals surface area contributed by atoms with Gasteiger partial charge >= 0.3 is 0 Å². The Hall–Kier alpha value is -1.10. The fraction of sp³-hybridized carbons (Fsp3) is 0.200. The standard InChI is InChI=1S/C10H8Cl2N2O2/c11-7-2-1-6(3-8(7)12)4-10-13-9(5-15)14-16-10/h1-3,15H,4-5H2. The van der Waals surface area contributed by atoms with Crippen LogP contribution >= 0.6 is 23.2 Å². The van der Waals surface area contributed by atoms with Gasteiger partial charge in [0.05, 0.1) is 16.5 Å². The highest BCUT2D eigenvalue weighted by atomic mass is 35.5. The third-order valence-corrected chi connectivity index (χ3v) is 2.73. The Morgan fingerprint density at radius 3 is 2.69 bits per heavy atom. The number of hydrogen-bond donors (Lipinski definition) is 1. The molecule has 0 spiro atoms. The second-order valence-corrected chi connectivity index (χ2v) is 4.00. The van der Waals surface area contributed by atoms with E-state index in [0.717, 1.165) is 5.56 Å². The van der Waals surface area contributed by atoms with Crippen molar-refractivity contribution in [3.8, 4) is 0 Å². The lowest BCUT2D eigenvalue weighted by Crippen LogP contribution is -1.90. The summed E-state index contributed by atoms with van der Waals surface area (Å²) in [6, 6.07) is 5.28. The molecular weight excluding hydrogens is 251 g/mol. The smallest absolute Gasteiger partial charge is 0.231 e. The van der Waals surface area contributed by atoms with Gasteiger partial charge in [0.25, 0.3) is 0 Å². The number of hydrogen-bond acceptors (Lipinski definition) is 4. The summed E-state index contributed by atoms with van der Waals surface area (Å²) in [7, 11) is 0. The molecule has 84 valence electrons. The first kappa shape index (κ1) is 11.4. The lowest BCUT2D eigenvalue weighted by Gasteiger charge is -1.99. The molecule has 0 fully saturated rings. The van der Waals surface area contributed by atoms with Crippen molar-refractivity contribution in [3.63, 3.8) is 0 Å². The highest BCUT2D eigenvalue weighted by molar-refractivity contribution is 6.42. The predicted octanol–water partition coefficient (Wildman–Crippen LogP) is 2.46. The summed E-state index contributed by atoms with van der Waals surface area (Å²) in [6.07, 6.45) is 0.462. The van der Waals surface area contributed by atoms with Gasteiger partial charge in [0.2, 0.25) is 5.89 Å². The van der Waals surface area contributed by atoms with Crippen molar-refractivity contribution in [1.29, 1.82) is 0 Å². The number of rotatable bonds is 3. The summed E-state index contributed by atoms with van der Waals surface area (Å²) in [5.74, 6) is 0.706. The van der Waals surface area contributed by atoms with E-state index in [2.05, 4.69) is 10.1 Å². The molecule has 2 rings (SSSR count). The normalized spacial score (nSPS) is 10.7. The van der Waals surface area contributed by atoms with Crippen LogP contribution in [0.4, 0.5) is 0 Å². The quantitative estimate of drug-likeness (QED) is 0.919. The lowest BCUT2D eigenvalue weighted by atomic mass is 10.1. The summed E-state index contributed by atoms with van der Waals surface area (Å²) in [5.41, 5.74) is 0.919. The van der Waals surface area contributed by atoms with Crippen molar-refractivity contribution in [2.75, 3.05) is 0 Å². The SMILES string of the molecule is OCc1noc(Cc2ccc(Cl)c(Cl)c2)n1. The average molecular weight is 259 g/mol. The zero-order chi connectivity index (χ0) is 11.5. The van der Waals surface area contributed by atoms with Crippen LogP contribution in [0.2, 0.25) is 10.0 Å². The maximum Gasteiger partial charge on any atom is 0.231 e. The fourth-order valence-electron chi connectivity index (χ4n) is 1.25. The minimum absolute atomic E-state index is 0.231. The molecule has 2 aromatic rings. The van der Waals surface area contributed by atoms with Gasteiger partial charge in [0.1, 0.15) is 6.61 Å². The van der Waals surface area contributed by atoms with E-state index in [-0.39, 0.29) is 12.4 Å². The van der Waals surface area contributed by atoms with E-state index in [1.165, 1.54) is 0 Å². The van der Waals surface area contributed by atoms with E-state index in [9.17, 15) is 0 Å². The minimum atomic E-state index is -0.231. The Kier molecular flexibility index (Phi) is 3.43. The van der Waals surface area contributed by atoms with Crippen molar-refractivity contribution in [2.45, 2.75) is 13.0 Å². The Morgan fingerprint density at radius 1 is 1.25 bits per heavy atom. The summed E-state index contributed by atoms with van der Waals surface area (Å²) in [5, 5.41) is 13.3. The molecule has 0 bridgehead atoms. The third-order valence-electron chi connectivity index (χ3n) is 1.99. The first-order valence-electron chi connectivity index (χ1n) is 4.55. The summed E-state index contributed by atoms with van der Waals surface area (Å²) in [4.78, 5) is 3.97. The first-order chi connectivity index (χ1) is 7.69. The maximum atomic E-state index is 8.77. The molecule has 0 amide bonds. The molecule has 0 saturated heterocycles. The number of aromatic nitrogens is 2. The zero-order valence-corrected chi connectivity index (χ0v) is 9.66. The molecule has 1 heterocycles. The molecule has 1 N–H and O–H groups in total. The van der Waals surface area contributed by atoms with Crippen LogP contribution in [-0.4, -0.2) is 15.2 Å². The van der Waals surface area contributed by atoms with E-state index in [1.807, 2.05) is 6.07 Å². The zero-order valence-electron chi connectivity index (χ0n) is 8.15. The summed E-state index contributed by atoms with van der Waals surface area (Å²) >= 11 is 11.7. The van der Waals surface area contributed by atoms with E-state index >= 15 is 0 Å². The Morgan fingerprint density at radius 2 is 2.06 bits per heavy atom. The van der Waals surface area contributed by atoms with Crippen LogP contribution in [0.25, 0.3) is 0 Å². The molecule has 4 nitrogen and oxygen atoms in total. The third kappa shape index (κ3) is 2.52. The Balaban J connectivity index is 2.17. The van der Waals surface area contributed by atoms with Gasteiger partial charge < -0.3 is 9.63 Å². The molecule has 0 atom stereocenters. The van der Waals surface area contributed by atoms with E-state index in [1.54, 1.807) is 12.1 Å². The summed E-state index contributed by atoms with van der Waals surface area (Å²) in [6.45, 7) is -0.231. The monoisotopic (exact) mass is 258 g/mol. The number of aliphatic hydroxyl groups is 1.